The van der Waals surface area contributed by atoms with Crippen molar-refractivity contribution in [2.45, 2.75) is 18.4 Å². The van der Waals surface area contributed by atoms with E-state index >= 15 is 0 Å². The van der Waals surface area contributed by atoms with Crippen molar-refractivity contribution < 1.29 is 4.74 Å². The van der Waals surface area contributed by atoms with Gasteiger partial charge in [0.25, 0.3) is 0 Å². The van der Waals surface area contributed by atoms with Crippen molar-refractivity contribution in [1.29, 1.82) is 5.26 Å². The Kier molecular flexibility index (Phi) is 3.36. The normalized spacial score (nSPS) is 27.2. The van der Waals surface area contributed by atoms with Gasteiger partial charge in [-0.05, 0) is 25.0 Å². The maximum Gasteiger partial charge on any atom is 0.142 e. The number of nitrogens with one attached hydrogen (secondary N) is 1. The number of ether oxygens (including phenoxy) is 1. The van der Waals surface area contributed by atoms with E-state index in [4.69, 9.17) is 10.00 Å². The molecule has 0 aromatic carbocycles. The topological polar surface area (TPSA) is 61.2 Å². The highest BCUT2D eigenvalue weighted by Crippen LogP contribution is 2.28. The van der Waals surface area contributed by atoms with Gasteiger partial charge in [0.1, 0.15) is 17.6 Å². The van der Waals surface area contributed by atoms with Gasteiger partial charge < -0.3 is 15.0 Å². The molecule has 2 saturated heterocycles. The summed E-state index contributed by atoms with van der Waals surface area (Å²) >= 11 is 0. The zero-order valence-corrected chi connectivity index (χ0v) is 10.9. The number of nitriles is 1. The molecule has 1 aromatic rings. The van der Waals surface area contributed by atoms with E-state index in [1.54, 1.807) is 6.07 Å². The fourth-order valence-corrected chi connectivity index (χ4v) is 2.92. The average molecular weight is 258 g/mol. The minimum atomic E-state index is -0.0825. The lowest BCUT2D eigenvalue weighted by Gasteiger charge is -2.45. The lowest BCUT2D eigenvalue weighted by Crippen LogP contribution is -2.59. The smallest absolute Gasteiger partial charge is 0.142 e. The Morgan fingerprint density at radius 2 is 2.42 bits per heavy atom. The first kappa shape index (κ1) is 12.4. The third-order valence-corrected chi connectivity index (χ3v) is 3.85. The van der Waals surface area contributed by atoms with Crippen LogP contribution in [0.2, 0.25) is 0 Å². The molecular weight excluding hydrogens is 240 g/mol. The SMILES string of the molecule is N#Cc1cccc(N2CCC[C@@]3(CNCCO3)C2)n1. The fourth-order valence-electron chi connectivity index (χ4n) is 2.92. The number of hydrogen-bond donors (Lipinski definition) is 1. The summed E-state index contributed by atoms with van der Waals surface area (Å²) in [4.78, 5) is 6.62. The molecule has 2 fully saturated rings. The van der Waals surface area contributed by atoms with E-state index in [0.717, 1.165) is 51.4 Å². The minimum absolute atomic E-state index is 0.0825. The van der Waals surface area contributed by atoms with Crippen LogP contribution in [0.3, 0.4) is 0 Å². The number of hydrogen-bond acceptors (Lipinski definition) is 5. The van der Waals surface area contributed by atoms with E-state index in [1.165, 1.54) is 0 Å². The van der Waals surface area contributed by atoms with Gasteiger partial charge in [0.2, 0.25) is 0 Å². The van der Waals surface area contributed by atoms with E-state index in [0.29, 0.717) is 5.69 Å². The molecule has 1 spiro atoms. The number of rotatable bonds is 1. The first-order chi connectivity index (χ1) is 9.31. The van der Waals surface area contributed by atoms with Crippen molar-refractivity contribution in [3.63, 3.8) is 0 Å². The molecule has 0 amide bonds. The van der Waals surface area contributed by atoms with Gasteiger partial charge in [0, 0.05) is 26.2 Å². The third kappa shape index (κ3) is 2.55. The zero-order valence-electron chi connectivity index (χ0n) is 10.9. The van der Waals surface area contributed by atoms with Crippen LogP contribution in [0.5, 0.6) is 0 Å². The molecule has 0 saturated carbocycles. The van der Waals surface area contributed by atoms with Gasteiger partial charge in [0.05, 0.1) is 12.2 Å². The van der Waals surface area contributed by atoms with E-state index in [2.05, 4.69) is 21.3 Å². The predicted octanol–water partition coefficient (Wildman–Crippen LogP) is 0.912. The van der Waals surface area contributed by atoms with Crippen molar-refractivity contribution in [1.82, 2.24) is 10.3 Å². The summed E-state index contributed by atoms with van der Waals surface area (Å²) in [5, 5.41) is 12.4. The summed E-state index contributed by atoms with van der Waals surface area (Å²) < 4.78 is 6.02. The van der Waals surface area contributed by atoms with Crippen LogP contribution in [-0.2, 0) is 4.74 Å². The van der Waals surface area contributed by atoms with Gasteiger partial charge in [-0.3, -0.25) is 0 Å². The van der Waals surface area contributed by atoms with Crippen LogP contribution in [0.1, 0.15) is 18.5 Å². The Balaban J connectivity index is 1.79. The molecule has 0 unspecified atom stereocenters. The van der Waals surface area contributed by atoms with Gasteiger partial charge in [0.15, 0.2) is 0 Å². The highest BCUT2D eigenvalue weighted by Gasteiger charge is 2.38. The molecule has 19 heavy (non-hydrogen) atoms. The standard InChI is InChI=1S/C14H18N4O/c15-9-12-3-1-4-13(17-12)18-7-2-5-14(11-18)10-16-6-8-19-14/h1,3-4,16H,2,5-8,10-11H2/t14-/m1/s1. The van der Waals surface area contributed by atoms with Gasteiger partial charge in [-0.15, -0.1) is 0 Å². The van der Waals surface area contributed by atoms with Gasteiger partial charge >= 0.3 is 0 Å². The second-order valence-corrected chi connectivity index (χ2v) is 5.23. The van der Waals surface area contributed by atoms with Gasteiger partial charge in [-0.25, -0.2) is 4.98 Å². The minimum Gasteiger partial charge on any atom is -0.371 e. The van der Waals surface area contributed by atoms with Crippen LogP contribution in [0.25, 0.3) is 0 Å². The van der Waals surface area contributed by atoms with Crippen LogP contribution in [0, 0.1) is 11.3 Å². The summed E-state index contributed by atoms with van der Waals surface area (Å²) in [5.41, 5.74) is 0.390. The molecule has 5 heteroatoms. The van der Waals surface area contributed by atoms with Crippen molar-refractivity contribution in [2.75, 3.05) is 37.7 Å². The average Bonchev–Trinajstić information content (AvgIpc) is 2.48. The van der Waals surface area contributed by atoms with E-state index in [9.17, 15) is 0 Å². The first-order valence-electron chi connectivity index (χ1n) is 6.78. The van der Waals surface area contributed by atoms with Gasteiger partial charge in [-0.1, -0.05) is 6.07 Å². The Labute approximate surface area is 113 Å². The Hall–Kier alpha value is -1.64. The number of piperidine rings is 1. The number of morpholine rings is 1. The molecule has 0 radical (unpaired) electrons. The number of anilines is 1. The molecule has 0 bridgehead atoms. The quantitative estimate of drug-likeness (QED) is 0.811. The third-order valence-electron chi connectivity index (χ3n) is 3.85. The lowest BCUT2D eigenvalue weighted by atomic mass is 9.91. The summed E-state index contributed by atoms with van der Waals surface area (Å²) in [6, 6.07) is 7.69. The van der Waals surface area contributed by atoms with E-state index in [1.807, 2.05) is 12.1 Å². The monoisotopic (exact) mass is 258 g/mol. The van der Waals surface area contributed by atoms with Crippen molar-refractivity contribution in [3.05, 3.63) is 23.9 Å². The first-order valence-corrected chi connectivity index (χ1v) is 6.78. The van der Waals surface area contributed by atoms with Crippen molar-refractivity contribution >= 4 is 5.82 Å². The van der Waals surface area contributed by atoms with Crippen molar-refractivity contribution in [3.8, 4) is 6.07 Å². The van der Waals surface area contributed by atoms with Crippen molar-refractivity contribution in [2.24, 2.45) is 0 Å². The molecule has 3 rings (SSSR count). The second-order valence-electron chi connectivity index (χ2n) is 5.23. The molecule has 100 valence electrons. The maximum atomic E-state index is 8.94. The van der Waals surface area contributed by atoms with Crippen LogP contribution < -0.4 is 10.2 Å². The molecule has 3 heterocycles. The Morgan fingerprint density at radius 1 is 1.47 bits per heavy atom. The summed E-state index contributed by atoms with van der Waals surface area (Å²) in [6.07, 6.45) is 2.19. The summed E-state index contributed by atoms with van der Waals surface area (Å²) in [5.74, 6) is 0.882. The molecule has 5 nitrogen and oxygen atoms in total. The van der Waals surface area contributed by atoms with E-state index in [-0.39, 0.29) is 5.60 Å². The van der Waals surface area contributed by atoms with Crippen LogP contribution in [0.4, 0.5) is 5.82 Å². The molecule has 0 aliphatic carbocycles. The maximum absolute atomic E-state index is 8.94. The molecule has 1 aromatic heterocycles. The molecule has 2 aliphatic rings. The molecular formula is C14H18N4O. The van der Waals surface area contributed by atoms with Crippen LogP contribution in [0.15, 0.2) is 18.2 Å². The number of nitrogens with zero attached hydrogens (tertiary/aromatic N) is 3. The van der Waals surface area contributed by atoms with Crippen LogP contribution in [-0.4, -0.2) is 43.4 Å². The van der Waals surface area contributed by atoms with E-state index < -0.39 is 0 Å². The fraction of sp³-hybridized carbons (Fsp3) is 0.571. The highest BCUT2D eigenvalue weighted by molar-refractivity contribution is 5.42. The van der Waals surface area contributed by atoms with Crippen LogP contribution >= 0.6 is 0 Å². The zero-order chi connectivity index (χ0) is 13.1. The summed E-state index contributed by atoms with van der Waals surface area (Å²) in [7, 11) is 0. The number of pyridine rings is 1. The largest absolute Gasteiger partial charge is 0.371 e. The second kappa shape index (κ2) is 5.16. The van der Waals surface area contributed by atoms with Gasteiger partial charge in [-0.2, -0.15) is 5.26 Å². The Bertz CT molecular complexity index is 485. The molecule has 1 N–H and O–H groups in total. The highest BCUT2D eigenvalue weighted by atomic mass is 16.5. The summed E-state index contributed by atoms with van der Waals surface area (Å²) in [6.45, 7) is 4.44. The molecule has 1 atom stereocenters. The Morgan fingerprint density at radius 3 is 3.21 bits per heavy atom. The molecule has 2 aliphatic heterocycles. The lowest BCUT2D eigenvalue weighted by molar-refractivity contribution is -0.0726. The predicted molar refractivity (Wildman–Crippen MR) is 72.0 cm³/mol. The number of aromatic nitrogens is 1.